The molecule has 0 aromatic carbocycles. The first-order valence-corrected chi connectivity index (χ1v) is 9.72. The van der Waals surface area contributed by atoms with E-state index in [9.17, 15) is 4.79 Å². The predicted octanol–water partition coefficient (Wildman–Crippen LogP) is 2.16. The van der Waals surface area contributed by atoms with E-state index in [0.29, 0.717) is 13.2 Å². The molecule has 136 valence electrons. The molecule has 0 radical (unpaired) electrons. The number of hydrogen-bond acceptors (Lipinski definition) is 5. The number of ether oxygens (including phenoxy) is 1. The molecule has 0 bridgehead atoms. The van der Waals surface area contributed by atoms with Crippen molar-refractivity contribution in [1.82, 2.24) is 19.8 Å². The molecule has 1 aromatic rings. The van der Waals surface area contributed by atoms with Gasteiger partial charge in [-0.25, -0.2) is 0 Å². The normalized spacial score (nSPS) is 25.6. The molecule has 0 aliphatic carbocycles. The molecule has 3 aliphatic rings. The van der Waals surface area contributed by atoms with Crippen molar-refractivity contribution < 1.29 is 9.53 Å². The minimum Gasteiger partial charge on any atom is -0.381 e. The molecule has 3 fully saturated rings. The first kappa shape index (κ1) is 16.9. The monoisotopic (exact) mass is 344 g/mol. The van der Waals surface area contributed by atoms with E-state index >= 15 is 0 Å². The lowest BCUT2D eigenvalue weighted by Gasteiger charge is -2.30. The first-order chi connectivity index (χ1) is 12.3. The van der Waals surface area contributed by atoms with Gasteiger partial charge in [-0.2, -0.15) is 0 Å². The van der Waals surface area contributed by atoms with Crippen LogP contribution in [0.25, 0.3) is 0 Å². The highest BCUT2D eigenvalue weighted by Crippen LogP contribution is 2.33. The van der Waals surface area contributed by atoms with Crippen molar-refractivity contribution in [1.29, 1.82) is 0 Å². The highest BCUT2D eigenvalue weighted by molar-refractivity contribution is 5.79. The van der Waals surface area contributed by atoms with Crippen LogP contribution in [0.15, 0.2) is 12.4 Å². The third-order valence-corrected chi connectivity index (χ3v) is 5.74. The fourth-order valence-electron chi connectivity index (χ4n) is 4.35. The van der Waals surface area contributed by atoms with Crippen LogP contribution in [0.1, 0.15) is 56.0 Å². The van der Waals surface area contributed by atoms with Gasteiger partial charge in [0.05, 0.1) is 23.6 Å². The van der Waals surface area contributed by atoms with E-state index in [0.717, 1.165) is 63.3 Å². The Balaban J connectivity index is 1.46. The summed E-state index contributed by atoms with van der Waals surface area (Å²) in [7, 11) is 0. The molecule has 3 saturated heterocycles. The van der Waals surface area contributed by atoms with E-state index in [4.69, 9.17) is 9.72 Å². The zero-order valence-corrected chi connectivity index (χ0v) is 14.9. The van der Waals surface area contributed by atoms with Gasteiger partial charge in [-0.3, -0.25) is 19.7 Å². The lowest BCUT2D eigenvalue weighted by molar-refractivity contribution is -0.139. The van der Waals surface area contributed by atoms with Gasteiger partial charge in [0.1, 0.15) is 0 Å². The summed E-state index contributed by atoms with van der Waals surface area (Å²) in [6.07, 6.45) is 10.0. The average Bonchev–Trinajstić information content (AvgIpc) is 3.34. The van der Waals surface area contributed by atoms with E-state index in [1.165, 1.54) is 12.8 Å². The fraction of sp³-hybridized carbons (Fsp3) is 0.737. The van der Waals surface area contributed by atoms with E-state index in [1.54, 1.807) is 0 Å². The minimum atomic E-state index is 0.0985. The molecule has 1 aromatic heterocycles. The lowest BCUT2D eigenvalue weighted by Crippen LogP contribution is -2.38. The Morgan fingerprint density at radius 2 is 1.88 bits per heavy atom. The maximum atomic E-state index is 13.0. The number of aromatic nitrogens is 2. The fourth-order valence-corrected chi connectivity index (χ4v) is 4.35. The predicted molar refractivity (Wildman–Crippen MR) is 93.8 cm³/mol. The van der Waals surface area contributed by atoms with E-state index in [1.807, 2.05) is 12.4 Å². The SMILES string of the molecule is O=C(C1CCOCC1)N1CCC[C@@H]1c1cncc(CN2CCCC2)n1. The number of nitrogens with zero attached hydrogens (tertiary/aromatic N) is 4. The minimum absolute atomic E-state index is 0.0985. The Labute approximate surface area is 149 Å². The molecule has 6 nitrogen and oxygen atoms in total. The summed E-state index contributed by atoms with van der Waals surface area (Å²) in [6.45, 7) is 5.45. The quantitative estimate of drug-likeness (QED) is 0.838. The van der Waals surface area contributed by atoms with Crippen LogP contribution in [0, 0.1) is 5.92 Å². The Morgan fingerprint density at radius 3 is 2.68 bits per heavy atom. The van der Waals surface area contributed by atoms with E-state index < -0.39 is 0 Å². The summed E-state index contributed by atoms with van der Waals surface area (Å²) in [6, 6.07) is 0.0985. The van der Waals surface area contributed by atoms with Crippen molar-refractivity contribution in [2.75, 3.05) is 32.8 Å². The second-order valence-corrected chi connectivity index (χ2v) is 7.49. The zero-order chi connectivity index (χ0) is 17.1. The molecule has 0 N–H and O–H groups in total. The first-order valence-electron chi connectivity index (χ1n) is 9.72. The van der Waals surface area contributed by atoms with Crippen molar-refractivity contribution >= 4 is 5.91 Å². The van der Waals surface area contributed by atoms with Crippen molar-refractivity contribution in [2.45, 2.75) is 51.1 Å². The number of hydrogen-bond donors (Lipinski definition) is 0. The van der Waals surface area contributed by atoms with Crippen LogP contribution >= 0.6 is 0 Å². The van der Waals surface area contributed by atoms with Gasteiger partial charge in [0, 0.05) is 38.4 Å². The smallest absolute Gasteiger partial charge is 0.226 e. The molecule has 1 amide bonds. The lowest BCUT2D eigenvalue weighted by atomic mass is 9.98. The average molecular weight is 344 g/mol. The third-order valence-electron chi connectivity index (χ3n) is 5.74. The van der Waals surface area contributed by atoms with Gasteiger partial charge in [-0.1, -0.05) is 0 Å². The molecule has 0 saturated carbocycles. The van der Waals surface area contributed by atoms with Crippen LogP contribution in [-0.4, -0.2) is 58.5 Å². The highest BCUT2D eigenvalue weighted by atomic mass is 16.5. The van der Waals surface area contributed by atoms with Gasteiger partial charge in [-0.05, 0) is 51.6 Å². The van der Waals surface area contributed by atoms with Crippen LogP contribution < -0.4 is 0 Å². The number of carbonyl (C=O) groups excluding carboxylic acids is 1. The topological polar surface area (TPSA) is 58.6 Å². The van der Waals surface area contributed by atoms with Crippen molar-refractivity contribution in [2.24, 2.45) is 5.92 Å². The maximum Gasteiger partial charge on any atom is 0.226 e. The Hall–Kier alpha value is -1.53. The summed E-state index contributed by atoms with van der Waals surface area (Å²) in [5, 5.41) is 0. The largest absolute Gasteiger partial charge is 0.381 e. The second kappa shape index (κ2) is 7.79. The molecular weight excluding hydrogens is 316 g/mol. The highest BCUT2D eigenvalue weighted by Gasteiger charge is 2.35. The summed E-state index contributed by atoms with van der Waals surface area (Å²) in [5.74, 6) is 0.410. The van der Waals surface area contributed by atoms with Crippen molar-refractivity contribution in [3.05, 3.63) is 23.8 Å². The number of carbonyl (C=O) groups is 1. The maximum absolute atomic E-state index is 13.0. The molecule has 3 aliphatic heterocycles. The van der Waals surface area contributed by atoms with Crippen LogP contribution in [-0.2, 0) is 16.1 Å². The van der Waals surface area contributed by atoms with Gasteiger partial charge in [0.15, 0.2) is 0 Å². The summed E-state index contributed by atoms with van der Waals surface area (Å²) in [4.78, 5) is 26.8. The molecule has 1 atom stereocenters. The van der Waals surface area contributed by atoms with Gasteiger partial charge >= 0.3 is 0 Å². The molecule has 0 unspecified atom stereocenters. The molecule has 4 heterocycles. The number of likely N-dealkylation sites (tertiary alicyclic amines) is 2. The standard InChI is InChI=1S/C19H28N4O2/c24-19(15-5-10-25-11-6-15)23-9-3-4-18(23)17-13-20-12-16(21-17)14-22-7-1-2-8-22/h12-13,15,18H,1-11,14H2/t18-/m1/s1. The van der Waals surface area contributed by atoms with Crippen LogP contribution in [0.4, 0.5) is 0 Å². The number of amides is 1. The van der Waals surface area contributed by atoms with Crippen molar-refractivity contribution in [3.63, 3.8) is 0 Å². The van der Waals surface area contributed by atoms with Crippen molar-refractivity contribution in [3.8, 4) is 0 Å². The van der Waals surface area contributed by atoms with Crippen LogP contribution in [0.5, 0.6) is 0 Å². The van der Waals surface area contributed by atoms with Crippen LogP contribution in [0.2, 0.25) is 0 Å². The third kappa shape index (κ3) is 3.85. The molecule has 25 heavy (non-hydrogen) atoms. The molecule has 0 spiro atoms. The van der Waals surface area contributed by atoms with Gasteiger partial charge in [-0.15, -0.1) is 0 Å². The molecular formula is C19H28N4O2. The van der Waals surface area contributed by atoms with E-state index in [-0.39, 0.29) is 17.9 Å². The Kier molecular flexibility index (Phi) is 5.27. The molecule has 4 rings (SSSR count). The van der Waals surface area contributed by atoms with Gasteiger partial charge < -0.3 is 9.64 Å². The van der Waals surface area contributed by atoms with Crippen LogP contribution in [0.3, 0.4) is 0 Å². The second-order valence-electron chi connectivity index (χ2n) is 7.49. The Bertz CT molecular complexity index is 597. The van der Waals surface area contributed by atoms with Gasteiger partial charge in [0.2, 0.25) is 5.91 Å². The van der Waals surface area contributed by atoms with E-state index in [2.05, 4.69) is 14.8 Å². The summed E-state index contributed by atoms with van der Waals surface area (Å²) < 4.78 is 5.41. The Morgan fingerprint density at radius 1 is 1.08 bits per heavy atom. The zero-order valence-electron chi connectivity index (χ0n) is 14.9. The summed E-state index contributed by atoms with van der Waals surface area (Å²) in [5.41, 5.74) is 2.00. The summed E-state index contributed by atoms with van der Waals surface area (Å²) >= 11 is 0. The molecule has 6 heteroatoms. The number of rotatable bonds is 4. The van der Waals surface area contributed by atoms with Gasteiger partial charge in [0.25, 0.3) is 0 Å².